The second kappa shape index (κ2) is 5.86. The summed E-state index contributed by atoms with van der Waals surface area (Å²) in [5.74, 6) is 0. The van der Waals surface area contributed by atoms with Crippen molar-refractivity contribution in [3.8, 4) is 0 Å². The minimum absolute atomic E-state index is 0.0851. The summed E-state index contributed by atoms with van der Waals surface area (Å²) in [5.41, 5.74) is 0.504. The minimum atomic E-state index is -4.35. The molecule has 0 fully saturated rings. The predicted octanol–water partition coefficient (Wildman–Crippen LogP) is 3.01. The second-order valence-electron chi connectivity index (χ2n) is 4.16. The Hall–Kier alpha value is -2.51. The van der Waals surface area contributed by atoms with E-state index in [0.717, 1.165) is 0 Å². The average Bonchev–Trinajstić information content (AvgIpc) is 2.44. The van der Waals surface area contributed by atoms with Gasteiger partial charge >= 0.3 is 0 Å². The van der Waals surface area contributed by atoms with Crippen molar-refractivity contribution in [3.63, 3.8) is 0 Å². The molecule has 0 aliphatic rings. The highest BCUT2D eigenvalue weighted by Gasteiger charge is 2.13. The first-order chi connectivity index (χ1) is 9.89. The Morgan fingerprint density at radius 1 is 0.952 bits per heavy atom. The van der Waals surface area contributed by atoms with Crippen LogP contribution < -0.4 is 0 Å². The number of nitro groups is 1. The van der Waals surface area contributed by atoms with Gasteiger partial charge in [0.15, 0.2) is 0 Å². The molecule has 0 amide bonds. The largest absolute Gasteiger partial charge is 0.295 e. The SMILES string of the molecule is O=[N+]([O-])c1ccccc1/C=C/c1ccccc1S(=O)(=O)O. The zero-order chi connectivity index (χ0) is 15.5. The lowest BCUT2D eigenvalue weighted by Crippen LogP contribution is -2.00. The molecule has 0 saturated carbocycles. The van der Waals surface area contributed by atoms with Gasteiger partial charge in [0.05, 0.1) is 10.5 Å². The van der Waals surface area contributed by atoms with E-state index in [2.05, 4.69) is 0 Å². The van der Waals surface area contributed by atoms with Crippen molar-refractivity contribution in [2.45, 2.75) is 4.90 Å². The Balaban J connectivity index is 2.47. The second-order valence-corrected chi connectivity index (χ2v) is 5.55. The molecule has 0 bridgehead atoms. The van der Waals surface area contributed by atoms with Crippen molar-refractivity contribution in [1.82, 2.24) is 0 Å². The maximum Gasteiger partial charge on any atom is 0.295 e. The van der Waals surface area contributed by atoms with E-state index in [-0.39, 0.29) is 16.1 Å². The normalized spacial score (nSPS) is 11.7. The van der Waals surface area contributed by atoms with E-state index in [4.69, 9.17) is 4.55 Å². The summed E-state index contributed by atoms with van der Waals surface area (Å²) in [6.07, 6.45) is 2.84. The van der Waals surface area contributed by atoms with Crippen LogP contribution in [-0.4, -0.2) is 17.9 Å². The number of hydrogen-bond acceptors (Lipinski definition) is 4. The van der Waals surface area contributed by atoms with Crippen LogP contribution in [0.5, 0.6) is 0 Å². The molecule has 0 radical (unpaired) electrons. The third-order valence-corrected chi connectivity index (χ3v) is 3.70. The van der Waals surface area contributed by atoms with Crippen LogP contribution in [0.25, 0.3) is 12.2 Å². The third-order valence-electron chi connectivity index (χ3n) is 2.77. The molecule has 0 spiro atoms. The molecule has 108 valence electrons. The van der Waals surface area contributed by atoms with Crippen LogP contribution in [0.1, 0.15) is 11.1 Å². The van der Waals surface area contributed by atoms with Crippen LogP contribution in [0.15, 0.2) is 53.4 Å². The molecule has 0 aliphatic carbocycles. The van der Waals surface area contributed by atoms with Crippen LogP contribution in [0.4, 0.5) is 5.69 Å². The lowest BCUT2D eigenvalue weighted by atomic mass is 10.1. The predicted molar refractivity (Wildman–Crippen MR) is 78.3 cm³/mol. The Morgan fingerprint density at radius 3 is 2.10 bits per heavy atom. The molecule has 0 atom stereocenters. The molecule has 0 heterocycles. The van der Waals surface area contributed by atoms with Gasteiger partial charge in [-0.1, -0.05) is 36.4 Å². The van der Waals surface area contributed by atoms with Crippen LogP contribution in [0.3, 0.4) is 0 Å². The fourth-order valence-electron chi connectivity index (χ4n) is 1.83. The van der Waals surface area contributed by atoms with E-state index in [0.29, 0.717) is 5.56 Å². The van der Waals surface area contributed by atoms with Gasteiger partial charge in [-0.05, 0) is 23.8 Å². The maximum atomic E-state index is 11.3. The zero-order valence-corrected chi connectivity index (χ0v) is 11.5. The molecule has 0 unspecified atom stereocenters. The zero-order valence-electron chi connectivity index (χ0n) is 10.7. The van der Waals surface area contributed by atoms with E-state index in [9.17, 15) is 18.5 Å². The van der Waals surface area contributed by atoms with Gasteiger partial charge in [-0.25, -0.2) is 0 Å². The van der Waals surface area contributed by atoms with Crippen molar-refractivity contribution >= 4 is 28.0 Å². The molecule has 2 aromatic rings. The highest BCUT2D eigenvalue weighted by Crippen LogP contribution is 2.22. The van der Waals surface area contributed by atoms with E-state index in [1.54, 1.807) is 24.3 Å². The summed E-state index contributed by atoms with van der Waals surface area (Å²) in [6, 6.07) is 11.9. The number of nitrogens with zero attached hydrogens (tertiary/aromatic N) is 1. The monoisotopic (exact) mass is 305 g/mol. The van der Waals surface area contributed by atoms with Gasteiger partial charge < -0.3 is 0 Å². The Morgan fingerprint density at radius 2 is 1.48 bits per heavy atom. The molecule has 0 saturated heterocycles. The standard InChI is InChI=1S/C14H11NO5S/c16-15(17)13-7-3-1-5-11(13)9-10-12-6-2-4-8-14(12)21(18,19)20/h1-10H,(H,18,19,20)/b10-9+. The Labute approximate surface area is 121 Å². The van der Waals surface area contributed by atoms with Crippen molar-refractivity contribution < 1.29 is 17.9 Å². The number of para-hydroxylation sites is 1. The highest BCUT2D eigenvalue weighted by atomic mass is 32.2. The topological polar surface area (TPSA) is 97.5 Å². The van der Waals surface area contributed by atoms with Crippen molar-refractivity contribution in [2.24, 2.45) is 0 Å². The maximum absolute atomic E-state index is 11.3. The number of nitro benzene ring substituents is 1. The van der Waals surface area contributed by atoms with Crippen LogP contribution >= 0.6 is 0 Å². The average molecular weight is 305 g/mol. The van der Waals surface area contributed by atoms with Gasteiger partial charge in [0, 0.05) is 6.07 Å². The highest BCUT2D eigenvalue weighted by molar-refractivity contribution is 7.85. The summed E-state index contributed by atoms with van der Waals surface area (Å²) in [5, 5.41) is 10.9. The number of rotatable bonds is 4. The molecule has 2 aromatic carbocycles. The summed E-state index contributed by atoms with van der Waals surface area (Å²) < 4.78 is 31.6. The summed E-state index contributed by atoms with van der Waals surface area (Å²) in [6.45, 7) is 0. The van der Waals surface area contributed by atoms with Crippen LogP contribution in [0.2, 0.25) is 0 Å². The molecule has 0 aliphatic heterocycles. The van der Waals surface area contributed by atoms with Gasteiger partial charge in [-0.15, -0.1) is 0 Å². The first-order valence-corrected chi connectivity index (χ1v) is 7.31. The smallest absolute Gasteiger partial charge is 0.282 e. The lowest BCUT2D eigenvalue weighted by Gasteiger charge is -2.02. The molecule has 2 rings (SSSR count). The van der Waals surface area contributed by atoms with Gasteiger partial charge in [-0.2, -0.15) is 8.42 Å². The van der Waals surface area contributed by atoms with Gasteiger partial charge in [0.1, 0.15) is 4.90 Å². The molecule has 0 aromatic heterocycles. The van der Waals surface area contributed by atoms with Gasteiger partial charge in [0.2, 0.25) is 0 Å². The first-order valence-electron chi connectivity index (χ1n) is 5.87. The van der Waals surface area contributed by atoms with E-state index < -0.39 is 15.0 Å². The molecule has 1 N–H and O–H groups in total. The third kappa shape index (κ3) is 3.53. The van der Waals surface area contributed by atoms with E-state index >= 15 is 0 Å². The van der Waals surface area contributed by atoms with Crippen LogP contribution in [0, 0.1) is 10.1 Å². The molecule has 7 heteroatoms. The van der Waals surface area contributed by atoms with Crippen molar-refractivity contribution in [1.29, 1.82) is 0 Å². The summed E-state index contributed by atoms with van der Waals surface area (Å²) >= 11 is 0. The van der Waals surface area contributed by atoms with Crippen molar-refractivity contribution in [2.75, 3.05) is 0 Å². The number of benzene rings is 2. The first kappa shape index (κ1) is 14.9. The molecule has 6 nitrogen and oxygen atoms in total. The fraction of sp³-hybridized carbons (Fsp3) is 0. The lowest BCUT2D eigenvalue weighted by molar-refractivity contribution is -0.385. The molecule has 21 heavy (non-hydrogen) atoms. The number of hydrogen-bond donors (Lipinski definition) is 1. The summed E-state index contributed by atoms with van der Waals surface area (Å²) in [4.78, 5) is 10.1. The molecular formula is C14H11NO5S. The van der Waals surface area contributed by atoms with Crippen LogP contribution in [-0.2, 0) is 10.1 Å². The van der Waals surface area contributed by atoms with Gasteiger partial charge in [-0.3, -0.25) is 14.7 Å². The minimum Gasteiger partial charge on any atom is -0.282 e. The quantitative estimate of drug-likeness (QED) is 0.405. The summed E-state index contributed by atoms with van der Waals surface area (Å²) in [7, 11) is -4.35. The van der Waals surface area contributed by atoms with E-state index in [1.807, 2.05) is 0 Å². The Bertz CT molecular complexity index is 812. The van der Waals surface area contributed by atoms with Gasteiger partial charge in [0.25, 0.3) is 15.8 Å². The fourth-order valence-corrected chi connectivity index (χ4v) is 2.51. The van der Waals surface area contributed by atoms with E-state index in [1.165, 1.54) is 36.4 Å². The Kier molecular flexibility index (Phi) is 4.15. The molecular weight excluding hydrogens is 294 g/mol. The van der Waals surface area contributed by atoms with Crippen molar-refractivity contribution in [3.05, 3.63) is 69.8 Å².